The molecule has 1 heterocycles. The van der Waals surface area contributed by atoms with Crippen LogP contribution in [0.3, 0.4) is 0 Å². The quantitative estimate of drug-likeness (QED) is 0.462. The zero-order valence-electron chi connectivity index (χ0n) is 10.7. The molecule has 0 saturated carbocycles. The van der Waals surface area contributed by atoms with Crippen LogP contribution in [0, 0.1) is 0 Å². The number of thiophene rings is 1. The summed E-state index contributed by atoms with van der Waals surface area (Å²) in [5.74, 6) is 0.0632. The average molecular weight is 266 g/mol. The van der Waals surface area contributed by atoms with Crippen LogP contribution in [0.1, 0.15) is 23.0 Å². The van der Waals surface area contributed by atoms with Crippen LogP contribution in [0.5, 0.6) is 0 Å². The van der Waals surface area contributed by atoms with Crippen molar-refractivity contribution >= 4 is 31.0 Å². The second-order valence-electron chi connectivity index (χ2n) is 4.93. The third-order valence-corrected chi connectivity index (χ3v) is 5.31. The van der Waals surface area contributed by atoms with Gasteiger partial charge in [0, 0.05) is 6.42 Å². The maximum atomic E-state index is 12.3. The van der Waals surface area contributed by atoms with Gasteiger partial charge < -0.3 is 0 Å². The van der Waals surface area contributed by atoms with Crippen LogP contribution in [0.4, 0.5) is 0 Å². The Morgan fingerprint density at radius 3 is 2.41 bits per heavy atom. The largest absolute Gasteiger partial charge is 0.295 e. The molecule has 0 aliphatic carbocycles. The van der Waals surface area contributed by atoms with Gasteiger partial charge in [-0.15, -0.1) is 11.3 Å². The molecule has 0 N–H and O–H groups in total. The Labute approximate surface area is 107 Å². The Bertz CT molecular complexity index is 438. The molecule has 0 aliphatic heterocycles. The standard InChI is InChI=1S/C13H18O2SSi/c1-5-10(14)9-12(17(2,3)4)13(15)11-7-6-8-16-11/h6-9H,5H2,1-4H3/b12-9-. The van der Waals surface area contributed by atoms with Crippen LogP contribution in [-0.4, -0.2) is 19.6 Å². The van der Waals surface area contributed by atoms with Crippen molar-refractivity contribution in [3.8, 4) is 0 Å². The molecule has 0 unspecified atom stereocenters. The number of ketones is 2. The second-order valence-corrected chi connectivity index (χ2v) is 10.9. The monoisotopic (exact) mass is 266 g/mol. The molecule has 17 heavy (non-hydrogen) atoms. The van der Waals surface area contributed by atoms with Crippen LogP contribution in [0.15, 0.2) is 28.8 Å². The summed E-state index contributed by atoms with van der Waals surface area (Å²) in [6.45, 7) is 8.09. The zero-order valence-corrected chi connectivity index (χ0v) is 12.6. The van der Waals surface area contributed by atoms with E-state index in [0.29, 0.717) is 6.42 Å². The molecule has 2 nitrogen and oxygen atoms in total. The molecule has 0 saturated heterocycles. The summed E-state index contributed by atoms with van der Waals surface area (Å²) in [7, 11) is -1.79. The van der Waals surface area contributed by atoms with Crippen molar-refractivity contribution in [3.63, 3.8) is 0 Å². The van der Waals surface area contributed by atoms with Gasteiger partial charge in [-0.3, -0.25) is 9.59 Å². The van der Waals surface area contributed by atoms with Gasteiger partial charge in [0.1, 0.15) is 0 Å². The van der Waals surface area contributed by atoms with Crippen molar-refractivity contribution in [3.05, 3.63) is 33.7 Å². The first-order chi connectivity index (χ1) is 7.86. The first kappa shape index (κ1) is 14.1. The molecule has 92 valence electrons. The molecule has 1 aromatic heterocycles. The van der Waals surface area contributed by atoms with Crippen molar-refractivity contribution in [2.75, 3.05) is 0 Å². The normalized spacial score (nSPS) is 12.6. The summed E-state index contributed by atoms with van der Waals surface area (Å²) in [5.41, 5.74) is 0. The summed E-state index contributed by atoms with van der Waals surface area (Å²) in [5, 5.41) is 2.61. The summed E-state index contributed by atoms with van der Waals surface area (Å²) in [4.78, 5) is 24.6. The number of Topliss-reactive ketones (excluding diaryl/α,β-unsaturated/α-hetero) is 1. The van der Waals surface area contributed by atoms with E-state index in [1.54, 1.807) is 6.08 Å². The maximum Gasteiger partial charge on any atom is 0.195 e. The molecule has 0 atom stereocenters. The number of allylic oxidation sites excluding steroid dienone is 2. The molecule has 0 bridgehead atoms. The highest BCUT2D eigenvalue weighted by Crippen LogP contribution is 2.22. The maximum absolute atomic E-state index is 12.3. The van der Waals surface area contributed by atoms with Gasteiger partial charge in [0.05, 0.1) is 13.0 Å². The van der Waals surface area contributed by atoms with E-state index in [-0.39, 0.29) is 11.6 Å². The molecule has 0 fully saturated rings. The number of carbonyl (C=O) groups excluding carboxylic acids is 2. The summed E-state index contributed by atoms with van der Waals surface area (Å²) >= 11 is 1.43. The SMILES string of the molecule is CCC(=O)/C=C(/C(=O)c1cccs1)[Si](C)(C)C. The molecule has 0 amide bonds. The number of hydrogen-bond donors (Lipinski definition) is 0. The number of carbonyl (C=O) groups is 2. The minimum Gasteiger partial charge on any atom is -0.295 e. The molecule has 1 aromatic rings. The Morgan fingerprint density at radius 2 is 2.00 bits per heavy atom. The van der Waals surface area contributed by atoms with Crippen LogP contribution >= 0.6 is 11.3 Å². The minimum atomic E-state index is -1.79. The van der Waals surface area contributed by atoms with E-state index in [2.05, 4.69) is 19.6 Å². The fraction of sp³-hybridized carbons (Fsp3) is 0.385. The fourth-order valence-electron chi connectivity index (χ4n) is 1.43. The molecule has 4 heteroatoms. The van der Waals surface area contributed by atoms with Crippen molar-refractivity contribution in [2.45, 2.75) is 33.0 Å². The van der Waals surface area contributed by atoms with E-state index in [4.69, 9.17) is 0 Å². The van der Waals surface area contributed by atoms with Crippen molar-refractivity contribution in [1.29, 1.82) is 0 Å². The van der Waals surface area contributed by atoms with Crippen molar-refractivity contribution in [1.82, 2.24) is 0 Å². The number of hydrogen-bond acceptors (Lipinski definition) is 3. The first-order valence-electron chi connectivity index (χ1n) is 5.69. The van der Waals surface area contributed by atoms with E-state index in [0.717, 1.165) is 10.1 Å². The van der Waals surface area contributed by atoms with Gasteiger partial charge in [0.2, 0.25) is 0 Å². The lowest BCUT2D eigenvalue weighted by atomic mass is 10.2. The van der Waals surface area contributed by atoms with Crippen molar-refractivity contribution < 1.29 is 9.59 Å². The smallest absolute Gasteiger partial charge is 0.195 e. The third kappa shape index (κ3) is 3.75. The lowest BCUT2D eigenvalue weighted by Crippen LogP contribution is -2.30. The Morgan fingerprint density at radius 1 is 1.35 bits per heavy atom. The van der Waals surface area contributed by atoms with E-state index in [1.165, 1.54) is 11.3 Å². The van der Waals surface area contributed by atoms with Crippen LogP contribution in [0.25, 0.3) is 0 Å². The number of rotatable bonds is 5. The van der Waals surface area contributed by atoms with E-state index in [1.807, 2.05) is 24.4 Å². The third-order valence-electron chi connectivity index (χ3n) is 2.45. The van der Waals surface area contributed by atoms with Crippen LogP contribution in [-0.2, 0) is 4.79 Å². The molecule has 1 rings (SSSR count). The van der Waals surface area contributed by atoms with Gasteiger partial charge >= 0.3 is 0 Å². The highest BCUT2D eigenvalue weighted by atomic mass is 32.1. The first-order valence-corrected chi connectivity index (χ1v) is 10.1. The van der Waals surface area contributed by atoms with E-state index < -0.39 is 8.07 Å². The topological polar surface area (TPSA) is 34.1 Å². The Kier molecular flexibility index (Phi) is 4.59. The fourth-order valence-corrected chi connectivity index (χ4v) is 3.60. The molecular weight excluding hydrogens is 248 g/mol. The van der Waals surface area contributed by atoms with Gasteiger partial charge in [0.25, 0.3) is 0 Å². The lowest BCUT2D eigenvalue weighted by Gasteiger charge is -2.19. The molecular formula is C13H18O2SSi. The van der Waals surface area contributed by atoms with Crippen LogP contribution in [0.2, 0.25) is 19.6 Å². The van der Waals surface area contributed by atoms with Crippen LogP contribution < -0.4 is 0 Å². The average Bonchev–Trinajstić information content (AvgIpc) is 2.76. The molecule has 0 aliphatic rings. The van der Waals surface area contributed by atoms with Crippen molar-refractivity contribution in [2.24, 2.45) is 0 Å². The predicted molar refractivity (Wildman–Crippen MR) is 75.4 cm³/mol. The lowest BCUT2D eigenvalue weighted by molar-refractivity contribution is -0.114. The highest BCUT2D eigenvalue weighted by Gasteiger charge is 2.27. The summed E-state index contributed by atoms with van der Waals surface area (Å²) < 4.78 is 0. The summed E-state index contributed by atoms with van der Waals surface area (Å²) in [6, 6.07) is 3.68. The van der Waals surface area contributed by atoms with E-state index in [9.17, 15) is 9.59 Å². The summed E-state index contributed by atoms with van der Waals surface area (Å²) in [6.07, 6.45) is 2.01. The van der Waals surface area contributed by atoms with Gasteiger partial charge in [-0.05, 0) is 22.7 Å². The van der Waals surface area contributed by atoms with Gasteiger partial charge in [-0.2, -0.15) is 0 Å². The predicted octanol–water partition coefficient (Wildman–Crippen LogP) is 3.71. The Balaban J connectivity index is 3.13. The zero-order chi connectivity index (χ0) is 13.1. The van der Waals surface area contributed by atoms with Gasteiger partial charge in [-0.1, -0.05) is 32.6 Å². The minimum absolute atomic E-state index is 0.0287. The molecule has 0 radical (unpaired) electrons. The molecule has 0 aromatic carbocycles. The Hall–Kier alpha value is -1.00. The highest BCUT2D eigenvalue weighted by molar-refractivity contribution is 7.12. The second kappa shape index (κ2) is 5.56. The van der Waals surface area contributed by atoms with Gasteiger partial charge in [-0.25, -0.2) is 0 Å². The van der Waals surface area contributed by atoms with E-state index >= 15 is 0 Å². The van der Waals surface area contributed by atoms with Gasteiger partial charge in [0.15, 0.2) is 11.6 Å². The molecule has 0 spiro atoms.